The molecular formula is C12H18FN3O. The van der Waals surface area contributed by atoms with Gasteiger partial charge in [0, 0.05) is 25.7 Å². The van der Waals surface area contributed by atoms with Crippen molar-refractivity contribution in [3.63, 3.8) is 0 Å². The maximum atomic E-state index is 12.0. The molecule has 0 aliphatic carbocycles. The highest BCUT2D eigenvalue weighted by Gasteiger charge is 2.25. The van der Waals surface area contributed by atoms with Crippen molar-refractivity contribution in [2.45, 2.75) is 12.5 Å². The third-order valence-electron chi connectivity index (χ3n) is 2.88. The first-order valence-corrected chi connectivity index (χ1v) is 5.86. The zero-order valence-corrected chi connectivity index (χ0v) is 10.0. The van der Waals surface area contributed by atoms with E-state index in [1.165, 1.54) is 0 Å². The van der Waals surface area contributed by atoms with E-state index >= 15 is 0 Å². The summed E-state index contributed by atoms with van der Waals surface area (Å²) in [5.41, 5.74) is 1.00. The fourth-order valence-corrected chi connectivity index (χ4v) is 1.95. The van der Waals surface area contributed by atoms with Gasteiger partial charge in [0.15, 0.2) is 0 Å². The highest BCUT2D eigenvalue weighted by molar-refractivity contribution is 5.43. The van der Waals surface area contributed by atoms with Crippen molar-refractivity contribution in [1.82, 2.24) is 9.88 Å². The van der Waals surface area contributed by atoms with Crippen molar-refractivity contribution in [3.8, 4) is 5.88 Å². The highest BCUT2D eigenvalue weighted by atomic mass is 19.1. The number of likely N-dealkylation sites (tertiary alicyclic amines) is 1. The lowest BCUT2D eigenvalue weighted by Gasteiger charge is -2.39. The van der Waals surface area contributed by atoms with E-state index in [2.05, 4.69) is 15.2 Å². The Kier molecular flexibility index (Phi) is 4.14. The molecule has 1 aromatic heterocycles. The monoisotopic (exact) mass is 239 g/mol. The van der Waals surface area contributed by atoms with Crippen LogP contribution in [0.1, 0.15) is 6.42 Å². The Morgan fingerprint density at radius 1 is 1.53 bits per heavy atom. The summed E-state index contributed by atoms with van der Waals surface area (Å²) < 4.78 is 17.0. The molecule has 94 valence electrons. The van der Waals surface area contributed by atoms with Crippen LogP contribution in [0.2, 0.25) is 0 Å². The molecule has 1 N–H and O–H groups in total. The molecular weight excluding hydrogens is 221 g/mol. The lowest BCUT2D eigenvalue weighted by molar-refractivity contribution is 0.155. The van der Waals surface area contributed by atoms with Gasteiger partial charge in [-0.25, -0.2) is 4.98 Å². The molecule has 5 heteroatoms. The average molecular weight is 239 g/mol. The molecule has 0 saturated carbocycles. The number of methoxy groups -OCH3 is 1. The number of aromatic nitrogens is 1. The summed E-state index contributed by atoms with van der Waals surface area (Å²) in [7, 11) is 1.60. The van der Waals surface area contributed by atoms with E-state index in [1.807, 2.05) is 12.1 Å². The maximum Gasteiger partial charge on any atom is 0.213 e. The summed E-state index contributed by atoms with van der Waals surface area (Å²) in [5.74, 6) is 0.619. The normalized spacial score (nSPS) is 16.6. The summed E-state index contributed by atoms with van der Waals surface area (Å²) in [6.45, 7) is 2.59. The molecule has 2 heterocycles. The minimum absolute atomic E-state index is 0.225. The van der Waals surface area contributed by atoms with Crippen LogP contribution in [0.25, 0.3) is 0 Å². The van der Waals surface area contributed by atoms with E-state index in [4.69, 9.17) is 4.74 Å². The number of rotatable bonds is 6. The van der Waals surface area contributed by atoms with Gasteiger partial charge < -0.3 is 10.1 Å². The predicted octanol–water partition coefficient (Wildman–Crippen LogP) is 1.55. The second kappa shape index (κ2) is 5.82. The molecule has 0 aromatic carbocycles. The van der Waals surface area contributed by atoms with Gasteiger partial charge in [0.05, 0.1) is 31.7 Å². The van der Waals surface area contributed by atoms with Gasteiger partial charge in [-0.15, -0.1) is 0 Å². The summed E-state index contributed by atoms with van der Waals surface area (Å²) >= 11 is 0. The zero-order valence-electron chi connectivity index (χ0n) is 10.0. The smallest absolute Gasteiger partial charge is 0.213 e. The number of alkyl halides is 1. The van der Waals surface area contributed by atoms with Crippen LogP contribution in [-0.2, 0) is 0 Å². The third-order valence-corrected chi connectivity index (χ3v) is 2.88. The molecule has 0 spiro atoms. The summed E-state index contributed by atoms with van der Waals surface area (Å²) in [6, 6.07) is 4.24. The second-order valence-corrected chi connectivity index (χ2v) is 4.23. The fraction of sp³-hybridized carbons (Fsp3) is 0.583. The first-order chi connectivity index (χ1) is 8.31. The minimum Gasteiger partial charge on any atom is -0.481 e. The first kappa shape index (κ1) is 12.1. The molecule has 0 radical (unpaired) electrons. The van der Waals surface area contributed by atoms with Crippen LogP contribution in [-0.4, -0.2) is 49.3 Å². The molecule has 0 atom stereocenters. The van der Waals surface area contributed by atoms with Gasteiger partial charge in [-0.1, -0.05) is 0 Å². The van der Waals surface area contributed by atoms with Crippen LogP contribution in [0.5, 0.6) is 5.88 Å². The summed E-state index contributed by atoms with van der Waals surface area (Å²) in [6.07, 6.45) is 2.40. The van der Waals surface area contributed by atoms with E-state index in [0.717, 1.165) is 25.3 Å². The van der Waals surface area contributed by atoms with Crippen molar-refractivity contribution < 1.29 is 9.13 Å². The quantitative estimate of drug-likeness (QED) is 0.817. The first-order valence-electron chi connectivity index (χ1n) is 5.86. The summed E-state index contributed by atoms with van der Waals surface area (Å²) in [4.78, 5) is 6.37. The van der Waals surface area contributed by atoms with Crippen molar-refractivity contribution >= 4 is 5.69 Å². The van der Waals surface area contributed by atoms with Crippen LogP contribution in [0.4, 0.5) is 10.1 Å². The van der Waals surface area contributed by atoms with Crippen LogP contribution in [0.3, 0.4) is 0 Å². The SMILES string of the molecule is COc1ccc(NC2CN(CCCF)C2)cn1. The van der Waals surface area contributed by atoms with E-state index in [0.29, 0.717) is 18.3 Å². The number of pyridine rings is 1. The lowest BCUT2D eigenvalue weighted by atomic mass is 10.1. The lowest BCUT2D eigenvalue weighted by Crippen LogP contribution is -2.54. The number of nitrogens with zero attached hydrogens (tertiary/aromatic N) is 2. The number of anilines is 1. The van der Waals surface area contributed by atoms with Crippen LogP contribution in [0.15, 0.2) is 18.3 Å². The number of nitrogens with one attached hydrogen (secondary N) is 1. The fourth-order valence-electron chi connectivity index (χ4n) is 1.95. The Hall–Kier alpha value is -1.36. The molecule has 17 heavy (non-hydrogen) atoms. The van der Waals surface area contributed by atoms with Crippen LogP contribution < -0.4 is 10.1 Å². The van der Waals surface area contributed by atoms with Gasteiger partial charge in [-0.2, -0.15) is 0 Å². The third kappa shape index (κ3) is 3.30. The average Bonchev–Trinajstić information content (AvgIpc) is 2.32. The second-order valence-electron chi connectivity index (χ2n) is 4.23. The number of hydrogen-bond acceptors (Lipinski definition) is 4. The Bertz CT molecular complexity index is 338. The Balaban J connectivity index is 1.72. The van der Waals surface area contributed by atoms with Crippen molar-refractivity contribution in [2.24, 2.45) is 0 Å². The van der Waals surface area contributed by atoms with E-state index < -0.39 is 0 Å². The van der Waals surface area contributed by atoms with Gasteiger partial charge in [0.2, 0.25) is 5.88 Å². The van der Waals surface area contributed by atoms with Gasteiger partial charge in [-0.05, 0) is 12.5 Å². The van der Waals surface area contributed by atoms with Crippen LogP contribution in [0, 0.1) is 0 Å². The van der Waals surface area contributed by atoms with Crippen molar-refractivity contribution in [2.75, 3.05) is 38.7 Å². The zero-order chi connectivity index (χ0) is 12.1. The summed E-state index contributed by atoms with van der Waals surface area (Å²) in [5, 5.41) is 3.38. The molecule has 1 aliphatic rings. The molecule has 1 fully saturated rings. The maximum absolute atomic E-state index is 12.0. The standard InChI is InChI=1S/C12H18FN3O/c1-17-12-4-3-10(7-14-12)15-11-8-16(9-11)6-2-5-13/h3-4,7,11,15H,2,5-6,8-9H2,1H3. The van der Waals surface area contributed by atoms with E-state index in [-0.39, 0.29) is 6.67 Å². The van der Waals surface area contributed by atoms with Gasteiger partial charge in [0.1, 0.15) is 0 Å². The van der Waals surface area contributed by atoms with Crippen molar-refractivity contribution in [3.05, 3.63) is 18.3 Å². The molecule has 0 bridgehead atoms. The molecule has 1 aromatic rings. The Morgan fingerprint density at radius 3 is 2.94 bits per heavy atom. The molecule has 1 saturated heterocycles. The topological polar surface area (TPSA) is 37.4 Å². The number of ether oxygens (including phenoxy) is 1. The largest absolute Gasteiger partial charge is 0.481 e. The Labute approximate surface area is 101 Å². The number of halogens is 1. The molecule has 0 unspecified atom stereocenters. The van der Waals surface area contributed by atoms with Crippen molar-refractivity contribution in [1.29, 1.82) is 0 Å². The number of hydrogen-bond donors (Lipinski definition) is 1. The van der Waals surface area contributed by atoms with Gasteiger partial charge >= 0.3 is 0 Å². The van der Waals surface area contributed by atoms with E-state index in [9.17, 15) is 4.39 Å². The molecule has 0 amide bonds. The molecule has 1 aliphatic heterocycles. The molecule has 2 rings (SSSR count). The molecule has 4 nitrogen and oxygen atoms in total. The van der Waals surface area contributed by atoms with Gasteiger partial charge in [-0.3, -0.25) is 9.29 Å². The predicted molar refractivity (Wildman–Crippen MR) is 65.2 cm³/mol. The highest BCUT2D eigenvalue weighted by Crippen LogP contribution is 2.16. The van der Waals surface area contributed by atoms with E-state index in [1.54, 1.807) is 13.3 Å². The Morgan fingerprint density at radius 2 is 2.35 bits per heavy atom. The van der Waals surface area contributed by atoms with Gasteiger partial charge in [0.25, 0.3) is 0 Å². The van der Waals surface area contributed by atoms with Crippen LogP contribution >= 0.6 is 0 Å². The minimum atomic E-state index is -0.225.